The molecule has 0 atom stereocenters. The Morgan fingerprint density at radius 2 is 1.96 bits per heavy atom. The van der Waals surface area contributed by atoms with Crippen LogP contribution in [0.15, 0.2) is 42.7 Å². The topological polar surface area (TPSA) is 38.1 Å². The van der Waals surface area contributed by atoms with Crippen LogP contribution in [0.25, 0.3) is 6.08 Å². The zero-order valence-corrected chi connectivity index (χ0v) is 12.7. The summed E-state index contributed by atoms with van der Waals surface area (Å²) >= 11 is 0. The molecule has 0 unspecified atom stereocenters. The van der Waals surface area contributed by atoms with Crippen molar-refractivity contribution >= 4 is 12.0 Å². The van der Waals surface area contributed by atoms with Gasteiger partial charge in [0.25, 0.3) is 0 Å². The average Bonchev–Trinajstić information content (AvgIpc) is 2.89. The van der Waals surface area contributed by atoms with E-state index in [1.165, 1.54) is 29.2 Å². The molecule has 7 heteroatoms. The largest absolute Gasteiger partial charge is 0.416 e. The lowest BCUT2D eigenvalue weighted by Gasteiger charge is -2.13. The van der Waals surface area contributed by atoms with Gasteiger partial charge >= 0.3 is 6.18 Å². The minimum atomic E-state index is -4.36. The van der Waals surface area contributed by atoms with Gasteiger partial charge in [0.05, 0.1) is 11.8 Å². The first-order chi connectivity index (χ1) is 10.8. The van der Waals surface area contributed by atoms with Crippen LogP contribution < -0.4 is 0 Å². The number of aryl methyl sites for hydroxylation is 1. The van der Waals surface area contributed by atoms with Crippen molar-refractivity contribution in [3.8, 4) is 0 Å². The maximum atomic E-state index is 12.5. The summed E-state index contributed by atoms with van der Waals surface area (Å²) in [5.74, 6) is -0.242. The number of alkyl halides is 3. The van der Waals surface area contributed by atoms with Crippen LogP contribution in [-0.4, -0.2) is 27.6 Å². The Balaban J connectivity index is 1.97. The predicted molar refractivity (Wildman–Crippen MR) is 80.2 cm³/mol. The van der Waals surface area contributed by atoms with Crippen molar-refractivity contribution in [1.29, 1.82) is 0 Å². The number of hydrogen-bond donors (Lipinski definition) is 0. The molecule has 0 bridgehead atoms. The number of carbonyl (C=O) groups excluding carboxylic acids is 1. The number of aromatic nitrogens is 2. The van der Waals surface area contributed by atoms with Gasteiger partial charge in [-0.3, -0.25) is 9.48 Å². The van der Waals surface area contributed by atoms with Gasteiger partial charge in [0.1, 0.15) is 0 Å². The molecule has 0 fully saturated rings. The Hall–Kier alpha value is -2.57. The van der Waals surface area contributed by atoms with Crippen LogP contribution in [0, 0.1) is 0 Å². The molecule has 1 heterocycles. The number of hydrogen-bond acceptors (Lipinski definition) is 2. The summed E-state index contributed by atoms with van der Waals surface area (Å²) in [6, 6.07) is 4.63. The Morgan fingerprint density at radius 3 is 2.48 bits per heavy atom. The molecule has 4 nitrogen and oxygen atoms in total. The van der Waals surface area contributed by atoms with Crippen LogP contribution in [0.4, 0.5) is 13.2 Å². The normalized spacial score (nSPS) is 11.9. The van der Waals surface area contributed by atoms with E-state index in [9.17, 15) is 18.0 Å². The van der Waals surface area contributed by atoms with Gasteiger partial charge in [-0.15, -0.1) is 0 Å². The highest BCUT2D eigenvalue weighted by Crippen LogP contribution is 2.29. The second kappa shape index (κ2) is 6.68. The van der Waals surface area contributed by atoms with Gasteiger partial charge in [-0.1, -0.05) is 12.1 Å². The van der Waals surface area contributed by atoms with E-state index in [0.29, 0.717) is 12.1 Å². The molecule has 2 rings (SSSR count). The molecular weight excluding hydrogens is 307 g/mol. The SMILES string of the molecule is CN(Cc1cnn(C)c1)C(=O)/C=C/c1ccc(C(F)(F)F)cc1. The van der Waals surface area contributed by atoms with Gasteiger partial charge in [-0.05, 0) is 23.8 Å². The first kappa shape index (κ1) is 16.8. The molecule has 1 aromatic carbocycles. The van der Waals surface area contributed by atoms with Crippen molar-refractivity contribution in [2.75, 3.05) is 7.05 Å². The monoisotopic (exact) mass is 323 g/mol. The number of rotatable bonds is 4. The smallest absolute Gasteiger partial charge is 0.338 e. The van der Waals surface area contributed by atoms with Crippen LogP contribution in [0.5, 0.6) is 0 Å². The second-order valence-electron chi connectivity index (χ2n) is 5.17. The van der Waals surface area contributed by atoms with Gasteiger partial charge in [0.2, 0.25) is 5.91 Å². The molecule has 23 heavy (non-hydrogen) atoms. The lowest BCUT2D eigenvalue weighted by Crippen LogP contribution is -2.23. The average molecular weight is 323 g/mol. The molecule has 0 aliphatic carbocycles. The molecule has 0 radical (unpaired) electrons. The standard InChI is InChI=1S/C16H16F3N3O/c1-21(10-13-9-20-22(2)11-13)15(23)8-5-12-3-6-14(7-4-12)16(17,18)19/h3-9,11H,10H2,1-2H3/b8-5+. The summed E-state index contributed by atoms with van der Waals surface area (Å²) in [6.45, 7) is 0.407. The van der Waals surface area contributed by atoms with Crippen molar-refractivity contribution in [3.63, 3.8) is 0 Å². The summed E-state index contributed by atoms with van der Waals surface area (Å²) in [4.78, 5) is 13.5. The zero-order chi connectivity index (χ0) is 17.0. The third-order valence-electron chi connectivity index (χ3n) is 3.21. The number of carbonyl (C=O) groups is 1. The second-order valence-corrected chi connectivity index (χ2v) is 5.17. The maximum Gasteiger partial charge on any atom is 0.416 e. The van der Waals surface area contributed by atoms with Gasteiger partial charge < -0.3 is 4.90 Å². The zero-order valence-electron chi connectivity index (χ0n) is 12.7. The Bertz CT molecular complexity index is 702. The van der Waals surface area contributed by atoms with E-state index in [4.69, 9.17) is 0 Å². The fourth-order valence-electron chi connectivity index (χ4n) is 1.98. The van der Waals surface area contributed by atoms with Crippen molar-refractivity contribution < 1.29 is 18.0 Å². The molecule has 0 saturated carbocycles. The Kier molecular flexibility index (Phi) is 4.88. The number of halogens is 3. The molecule has 0 aliphatic heterocycles. The highest BCUT2D eigenvalue weighted by Gasteiger charge is 2.29. The van der Waals surface area contributed by atoms with Gasteiger partial charge in [0.15, 0.2) is 0 Å². The number of nitrogens with zero attached hydrogens (tertiary/aromatic N) is 3. The van der Waals surface area contributed by atoms with Crippen LogP contribution in [-0.2, 0) is 24.6 Å². The fourth-order valence-corrected chi connectivity index (χ4v) is 1.98. The van der Waals surface area contributed by atoms with Crippen molar-refractivity contribution in [2.45, 2.75) is 12.7 Å². The van der Waals surface area contributed by atoms with E-state index >= 15 is 0 Å². The fraction of sp³-hybridized carbons (Fsp3) is 0.250. The molecule has 1 aromatic heterocycles. The van der Waals surface area contributed by atoms with Gasteiger partial charge in [0, 0.05) is 38.5 Å². The summed E-state index contributed by atoms with van der Waals surface area (Å²) in [6.07, 6.45) is 1.94. The first-order valence-electron chi connectivity index (χ1n) is 6.83. The molecule has 2 aromatic rings. The lowest BCUT2D eigenvalue weighted by molar-refractivity contribution is -0.137. The van der Waals surface area contributed by atoms with E-state index < -0.39 is 11.7 Å². The van der Waals surface area contributed by atoms with Gasteiger partial charge in [-0.2, -0.15) is 18.3 Å². The molecule has 122 valence electrons. The minimum Gasteiger partial charge on any atom is -0.338 e. The van der Waals surface area contributed by atoms with E-state index in [2.05, 4.69) is 5.10 Å². The minimum absolute atomic E-state index is 0.242. The predicted octanol–water partition coefficient (Wildman–Crippen LogP) is 3.11. The first-order valence-corrected chi connectivity index (χ1v) is 6.83. The molecule has 0 N–H and O–H groups in total. The summed E-state index contributed by atoms with van der Waals surface area (Å²) in [5.41, 5.74) is 0.710. The van der Waals surface area contributed by atoms with Crippen LogP contribution in [0.3, 0.4) is 0 Å². The molecule has 0 saturated heterocycles. The third kappa shape index (κ3) is 4.70. The lowest BCUT2D eigenvalue weighted by atomic mass is 10.1. The molecule has 0 spiro atoms. The third-order valence-corrected chi connectivity index (χ3v) is 3.21. The molecule has 1 amide bonds. The van der Waals surface area contributed by atoms with Gasteiger partial charge in [-0.25, -0.2) is 0 Å². The van der Waals surface area contributed by atoms with E-state index in [1.54, 1.807) is 25.0 Å². The number of amides is 1. The number of benzene rings is 1. The van der Waals surface area contributed by atoms with E-state index in [1.807, 2.05) is 6.20 Å². The maximum absolute atomic E-state index is 12.5. The van der Waals surface area contributed by atoms with Crippen molar-refractivity contribution in [1.82, 2.24) is 14.7 Å². The van der Waals surface area contributed by atoms with E-state index in [-0.39, 0.29) is 5.91 Å². The van der Waals surface area contributed by atoms with Crippen molar-refractivity contribution in [3.05, 3.63) is 59.4 Å². The Morgan fingerprint density at radius 1 is 1.30 bits per heavy atom. The highest BCUT2D eigenvalue weighted by molar-refractivity contribution is 5.91. The summed E-state index contributed by atoms with van der Waals surface area (Å²) in [7, 11) is 3.43. The number of likely N-dealkylation sites (N-methyl/N-ethyl adjacent to an activating group) is 1. The van der Waals surface area contributed by atoms with E-state index in [0.717, 1.165) is 17.7 Å². The summed E-state index contributed by atoms with van der Waals surface area (Å²) < 4.78 is 39.0. The van der Waals surface area contributed by atoms with Crippen LogP contribution in [0.1, 0.15) is 16.7 Å². The highest BCUT2D eigenvalue weighted by atomic mass is 19.4. The quantitative estimate of drug-likeness (QED) is 0.811. The molecule has 0 aliphatic rings. The Labute approximate surface area is 131 Å². The van der Waals surface area contributed by atoms with Crippen LogP contribution >= 0.6 is 0 Å². The summed E-state index contributed by atoms with van der Waals surface area (Å²) in [5, 5.41) is 4.02. The van der Waals surface area contributed by atoms with Crippen molar-refractivity contribution in [2.24, 2.45) is 7.05 Å². The van der Waals surface area contributed by atoms with Crippen LogP contribution in [0.2, 0.25) is 0 Å². The molecular formula is C16H16F3N3O.